The summed E-state index contributed by atoms with van der Waals surface area (Å²) in [6, 6.07) is 10.6. The highest BCUT2D eigenvalue weighted by Gasteiger charge is 2.28. The second-order valence-corrected chi connectivity index (χ2v) is 4.40. The van der Waals surface area contributed by atoms with Gasteiger partial charge >= 0.3 is 5.97 Å². The van der Waals surface area contributed by atoms with Crippen LogP contribution in [0.5, 0.6) is 0 Å². The van der Waals surface area contributed by atoms with Crippen LogP contribution in [0.1, 0.15) is 18.4 Å². The fraction of sp³-hybridized carbons (Fsp3) is 0.462. The molecule has 3 heteroatoms. The molecule has 0 amide bonds. The lowest BCUT2D eigenvalue weighted by Crippen LogP contribution is -2.30. The highest BCUT2D eigenvalue weighted by molar-refractivity contribution is 5.67. The molecule has 1 aliphatic rings. The van der Waals surface area contributed by atoms with Crippen LogP contribution in [0.15, 0.2) is 30.3 Å². The van der Waals surface area contributed by atoms with E-state index in [-0.39, 0.29) is 12.3 Å². The van der Waals surface area contributed by atoms with E-state index in [1.807, 2.05) is 18.2 Å². The van der Waals surface area contributed by atoms with Gasteiger partial charge in [0.2, 0.25) is 0 Å². The average Bonchev–Trinajstić information content (AvgIpc) is 2.66. The fourth-order valence-electron chi connectivity index (χ4n) is 2.40. The molecule has 1 aliphatic heterocycles. The molecule has 2 rings (SSSR count). The third-order valence-corrected chi connectivity index (χ3v) is 3.23. The van der Waals surface area contributed by atoms with Gasteiger partial charge in [0.15, 0.2) is 0 Å². The summed E-state index contributed by atoms with van der Waals surface area (Å²) in [6.45, 7) is 0.940. The van der Waals surface area contributed by atoms with E-state index in [0.717, 1.165) is 19.4 Å². The van der Waals surface area contributed by atoms with Gasteiger partial charge in [0.1, 0.15) is 0 Å². The van der Waals surface area contributed by atoms with E-state index < -0.39 is 5.97 Å². The van der Waals surface area contributed by atoms with Gasteiger partial charge in [-0.25, -0.2) is 0 Å². The topological polar surface area (TPSA) is 49.3 Å². The van der Waals surface area contributed by atoms with Crippen LogP contribution >= 0.6 is 0 Å². The zero-order valence-corrected chi connectivity index (χ0v) is 9.23. The molecule has 2 N–H and O–H groups in total. The van der Waals surface area contributed by atoms with Gasteiger partial charge in [-0.2, -0.15) is 0 Å². The molecule has 0 radical (unpaired) electrons. The van der Waals surface area contributed by atoms with Crippen molar-refractivity contribution in [3.05, 3.63) is 35.9 Å². The molecule has 0 spiro atoms. The Balaban J connectivity index is 1.96. The Bertz CT molecular complexity index is 350. The summed E-state index contributed by atoms with van der Waals surface area (Å²) in [6.07, 6.45) is 2.19. The number of carboxylic acids is 1. The summed E-state index contributed by atoms with van der Waals surface area (Å²) in [5.41, 5.74) is 1.28. The van der Waals surface area contributed by atoms with Gasteiger partial charge in [-0.05, 0) is 30.9 Å². The van der Waals surface area contributed by atoms with Crippen LogP contribution in [0.2, 0.25) is 0 Å². The third kappa shape index (κ3) is 2.83. The molecule has 1 aromatic carbocycles. The minimum Gasteiger partial charge on any atom is -0.481 e. The van der Waals surface area contributed by atoms with Crippen molar-refractivity contribution in [2.75, 3.05) is 6.54 Å². The number of rotatable bonds is 4. The molecule has 3 nitrogen and oxygen atoms in total. The van der Waals surface area contributed by atoms with Crippen molar-refractivity contribution in [3.63, 3.8) is 0 Å². The summed E-state index contributed by atoms with van der Waals surface area (Å²) in [4.78, 5) is 10.7. The van der Waals surface area contributed by atoms with Crippen LogP contribution in [0.3, 0.4) is 0 Å². The summed E-state index contributed by atoms with van der Waals surface area (Å²) < 4.78 is 0. The van der Waals surface area contributed by atoms with Crippen molar-refractivity contribution < 1.29 is 9.90 Å². The molecule has 0 bridgehead atoms. The summed E-state index contributed by atoms with van der Waals surface area (Å²) in [7, 11) is 0. The molecule has 0 unspecified atom stereocenters. The van der Waals surface area contributed by atoms with Crippen LogP contribution in [-0.2, 0) is 11.2 Å². The van der Waals surface area contributed by atoms with Crippen LogP contribution in [0.25, 0.3) is 0 Å². The van der Waals surface area contributed by atoms with Crippen molar-refractivity contribution in [1.82, 2.24) is 5.32 Å². The number of hydrogen-bond acceptors (Lipinski definition) is 2. The summed E-state index contributed by atoms with van der Waals surface area (Å²) >= 11 is 0. The van der Waals surface area contributed by atoms with Gasteiger partial charge in [0.05, 0.1) is 0 Å². The number of hydrogen-bond donors (Lipinski definition) is 2. The maximum absolute atomic E-state index is 10.7. The molecule has 1 fully saturated rings. The first-order valence-corrected chi connectivity index (χ1v) is 5.75. The molecule has 1 heterocycles. The molecule has 1 saturated heterocycles. The largest absolute Gasteiger partial charge is 0.481 e. The van der Waals surface area contributed by atoms with Gasteiger partial charge < -0.3 is 10.4 Å². The van der Waals surface area contributed by atoms with Crippen LogP contribution in [-0.4, -0.2) is 23.7 Å². The van der Waals surface area contributed by atoms with E-state index in [4.69, 9.17) is 5.11 Å². The van der Waals surface area contributed by atoms with Crippen molar-refractivity contribution in [2.45, 2.75) is 25.3 Å². The lowest BCUT2D eigenvalue weighted by molar-refractivity contribution is -0.138. The minimum atomic E-state index is -0.688. The first-order valence-electron chi connectivity index (χ1n) is 5.75. The molecular formula is C13H17NO2. The van der Waals surface area contributed by atoms with Crippen molar-refractivity contribution in [1.29, 1.82) is 0 Å². The molecular weight excluding hydrogens is 202 g/mol. The molecule has 86 valence electrons. The van der Waals surface area contributed by atoms with E-state index in [9.17, 15) is 4.79 Å². The van der Waals surface area contributed by atoms with E-state index in [0.29, 0.717) is 6.04 Å². The number of carbonyl (C=O) groups is 1. The molecule has 0 aromatic heterocycles. The molecule has 2 atom stereocenters. The standard InChI is InChI=1S/C13H17NO2/c15-13(16)9-11-6-7-14-12(11)8-10-4-2-1-3-5-10/h1-5,11-12,14H,6-9H2,(H,15,16)/t11-,12-/m0/s1. The van der Waals surface area contributed by atoms with Crippen molar-refractivity contribution in [2.24, 2.45) is 5.92 Å². The van der Waals surface area contributed by atoms with E-state index in [1.165, 1.54) is 5.56 Å². The lowest BCUT2D eigenvalue weighted by Gasteiger charge is -2.17. The Labute approximate surface area is 95.5 Å². The normalized spacial score (nSPS) is 24.5. The summed E-state index contributed by atoms with van der Waals surface area (Å²) in [5, 5.41) is 12.2. The van der Waals surface area contributed by atoms with Crippen molar-refractivity contribution >= 4 is 5.97 Å². The fourth-order valence-corrected chi connectivity index (χ4v) is 2.40. The zero-order valence-electron chi connectivity index (χ0n) is 9.23. The highest BCUT2D eigenvalue weighted by atomic mass is 16.4. The van der Waals surface area contributed by atoms with Gasteiger partial charge in [-0.1, -0.05) is 30.3 Å². The Hall–Kier alpha value is -1.35. The Morgan fingerprint density at radius 1 is 1.38 bits per heavy atom. The predicted molar refractivity (Wildman–Crippen MR) is 62.3 cm³/mol. The Kier molecular flexibility index (Phi) is 3.57. The Morgan fingerprint density at radius 2 is 2.12 bits per heavy atom. The quantitative estimate of drug-likeness (QED) is 0.810. The minimum absolute atomic E-state index is 0.276. The summed E-state index contributed by atoms with van der Waals surface area (Å²) in [5.74, 6) is -0.413. The number of nitrogens with one attached hydrogen (secondary N) is 1. The van der Waals surface area contributed by atoms with Crippen molar-refractivity contribution in [3.8, 4) is 0 Å². The third-order valence-electron chi connectivity index (χ3n) is 3.23. The number of benzene rings is 1. The van der Waals surface area contributed by atoms with Gasteiger partial charge in [0, 0.05) is 12.5 Å². The first-order chi connectivity index (χ1) is 7.75. The SMILES string of the molecule is O=C(O)C[C@@H]1CCN[C@H]1Cc1ccccc1. The Morgan fingerprint density at radius 3 is 2.81 bits per heavy atom. The van der Waals surface area contributed by atoms with Crippen LogP contribution < -0.4 is 5.32 Å². The molecule has 1 aromatic rings. The first kappa shape index (κ1) is 11.1. The molecule has 16 heavy (non-hydrogen) atoms. The molecule has 0 saturated carbocycles. The van der Waals surface area contributed by atoms with E-state index in [2.05, 4.69) is 17.4 Å². The van der Waals surface area contributed by atoms with Gasteiger partial charge in [0.25, 0.3) is 0 Å². The maximum atomic E-state index is 10.7. The highest BCUT2D eigenvalue weighted by Crippen LogP contribution is 2.22. The smallest absolute Gasteiger partial charge is 0.303 e. The number of carboxylic acid groups (broad SMARTS) is 1. The van der Waals surface area contributed by atoms with Crippen LogP contribution in [0.4, 0.5) is 0 Å². The second-order valence-electron chi connectivity index (χ2n) is 4.40. The van der Waals surface area contributed by atoms with E-state index >= 15 is 0 Å². The molecule has 0 aliphatic carbocycles. The number of aliphatic carboxylic acids is 1. The van der Waals surface area contributed by atoms with Gasteiger partial charge in [-0.15, -0.1) is 0 Å². The lowest BCUT2D eigenvalue weighted by atomic mass is 9.92. The zero-order chi connectivity index (χ0) is 11.4. The monoisotopic (exact) mass is 219 g/mol. The second kappa shape index (κ2) is 5.12. The predicted octanol–water partition coefficient (Wildman–Crippen LogP) is 1.68. The van der Waals surface area contributed by atoms with E-state index in [1.54, 1.807) is 0 Å². The van der Waals surface area contributed by atoms with Crippen LogP contribution in [0, 0.1) is 5.92 Å². The average molecular weight is 219 g/mol. The maximum Gasteiger partial charge on any atom is 0.303 e. The van der Waals surface area contributed by atoms with Gasteiger partial charge in [-0.3, -0.25) is 4.79 Å².